The van der Waals surface area contributed by atoms with Crippen molar-refractivity contribution in [2.75, 3.05) is 0 Å². The summed E-state index contributed by atoms with van der Waals surface area (Å²) in [7, 11) is 0. The van der Waals surface area contributed by atoms with Gasteiger partial charge in [-0.1, -0.05) is 0 Å². The molecular weight excluding hydrogens is 213 g/mol. The number of rotatable bonds is 2. The second kappa shape index (κ2) is 4.09. The highest BCUT2D eigenvalue weighted by atomic mass is 19.1. The largest absolute Gasteiger partial charge is 0.328 e. The van der Waals surface area contributed by atoms with Gasteiger partial charge in [0.25, 0.3) is 5.56 Å². The predicted octanol–water partition coefficient (Wildman–Crippen LogP) is 0.119. The Morgan fingerprint density at radius 1 is 1.38 bits per heavy atom. The van der Waals surface area contributed by atoms with Gasteiger partial charge in [0.15, 0.2) is 0 Å². The molecule has 0 saturated carbocycles. The van der Waals surface area contributed by atoms with Crippen molar-refractivity contribution < 1.29 is 4.39 Å². The van der Waals surface area contributed by atoms with E-state index in [-0.39, 0.29) is 6.54 Å². The monoisotopic (exact) mass is 221 g/mol. The van der Waals surface area contributed by atoms with Gasteiger partial charge >= 0.3 is 5.69 Å². The molecule has 0 saturated heterocycles. The molecule has 82 valence electrons. The van der Waals surface area contributed by atoms with E-state index in [0.717, 1.165) is 6.20 Å². The van der Waals surface area contributed by atoms with Crippen LogP contribution in [0, 0.1) is 5.82 Å². The van der Waals surface area contributed by atoms with Crippen molar-refractivity contribution in [2.24, 2.45) is 0 Å². The summed E-state index contributed by atoms with van der Waals surface area (Å²) in [5.74, 6) is -0.463. The standard InChI is InChI=1S/C10H8FN3O2/c11-8-3-7(4-12-5-8)6-14-2-1-9(15)13-10(14)16/h1-5H,6H2,(H,13,15,16). The molecule has 0 bridgehead atoms. The molecule has 0 unspecified atom stereocenters. The zero-order valence-corrected chi connectivity index (χ0v) is 8.18. The quantitative estimate of drug-likeness (QED) is 0.783. The summed E-state index contributed by atoms with van der Waals surface area (Å²) in [5, 5.41) is 0. The summed E-state index contributed by atoms with van der Waals surface area (Å²) in [6.45, 7) is 0.167. The van der Waals surface area contributed by atoms with Crippen molar-refractivity contribution in [3.05, 3.63) is 62.9 Å². The average Bonchev–Trinajstić information content (AvgIpc) is 2.22. The fraction of sp³-hybridized carbons (Fsp3) is 0.100. The van der Waals surface area contributed by atoms with Gasteiger partial charge < -0.3 is 0 Å². The molecule has 16 heavy (non-hydrogen) atoms. The maximum absolute atomic E-state index is 12.8. The minimum atomic E-state index is -0.531. The van der Waals surface area contributed by atoms with Gasteiger partial charge in [0, 0.05) is 18.5 Å². The Labute approximate surface area is 89.2 Å². The summed E-state index contributed by atoms with van der Waals surface area (Å²) in [5.41, 5.74) is -0.440. The molecule has 0 aliphatic rings. The molecule has 1 N–H and O–H groups in total. The highest BCUT2D eigenvalue weighted by Crippen LogP contribution is 2.01. The van der Waals surface area contributed by atoms with Crippen LogP contribution in [-0.4, -0.2) is 14.5 Å². The first-order chi connectivity index (χ1) is 7.65. The van der Waals surface area contributed by atoms with Gasteiger partial charge in [0.05, 0.1) is 12.7 Å². The number of aromatic amines is 1. The molecule has 0 aliphatic heterocycles. The van der Waals surface area contributed by atoms with Crippen molar-refractivity contribution >= 4 is 0 Å². The van der Waals surface area contributed by atoms with E-state index in [0.29, 0.717) is 5.56 Å². The molecule has 0 fully saturated rings. The third kappa shape index (κ3) is 2.22. The van der Waals surface area contributed by atoms with Crippen LogP contribution in [-0.2, 0) is 6.54 Å². The lowest BCUT2D eigenvalue weighted by Crippen LogP contribution is -2.28. The van der Waals surface area contributed by atoms with E-state index in [4.69, 9.17) is 0 Å². The van der Waals surface area contributed by atoms with E-state index >= 15 is 0 Å². The Bertz CT molecular complexity index is 618. The second-order valence-electron chi connectivity index (χ2n) is 3.25. The summed E-state index contributed by atoms with van der Waals surface area (Å²) in [4.78, 5) is 27.9. The predicted molar refractivity (Wildman–Crippen MR) is 54.6 cm³/mol. The highest BCUT2D eigenvalue weighted by molar-refractivity contribution is 5.10. The second-order valence-corrected chi connectivity index (χ2v) is 3.25. The Morgan fingerprint density at radius 2 is 2.19 bits per heavy atom. The van der Waals surface area contributed by atoms with Gasteiger partial charge in [-0.2, -0.15) is 0 Å². The minimum Gasteiger partial charge on any atom is -0.296 e. The van der Waals surface area contributed by atoms with Gasteiger partial charge in [-0.25, -0.2) is 9.18 Å². The highest BCUT2D eigenvalue weighted by Gasteiger charge is 2.00. The van der Waals surface area contributed by atoms with Crippen LogP contribution < -0.4 is 11.2 Å². The van der Waals surface area contributed by atoms with E-state index in [1.165, 1.54) is 29.1 Å². The smallest absolute Gasteiger partial charge is 0.296 e. The third-order valence-electron chi connectivity index (χ3n) is 2.01. The average molecular weight is 221 g/mol. The van der Waals surface area contributed by atoms with Crippen LogP contribution in [0.3, 0.4) is 0 Å². The normalized spacial score (nSPS) is 10.3. The van der Waals surface area contributed by atoms with Crippen LogP contribution in [0.2, 0.25) is 0 Å². The molecule has 0 radical (unpaired) electrons. The number of nitrogens with zero attached hydrogens (tertiary/aromatic N) is 2. The van der Waals surface area contributed by atoms with E-state index in [2.05, 4.69) is 9.97 Å². The number of hydrogen-bond donors (Lipinski definition) is 1. The minimum absolute atomic E-state index is 0.167. The molecule has 0 aliphatic carbocycles. The molecule has 2 heterocycles. The van der Waals surface area contributed by atoms with Crippen LogP contribution in [0.15, 0.2) is 40.3 Å². The Kier molecular flexibility index (Phi) is 2.63. The maximum atomic E-state index is 12.8. The van der Waals surface area contributed by atoms with Crippen molar-refractivity contribution in [1.29, 1.82) is 0 Å². The van der Waals surface area contributed by atoms with Crippen LogP contribution >= 0.6 is 0 Å². The van der Waals surface area contributed by atoms with E-state index in [1.807, 2.05) is 0 Å². The first-order valence-corrected chi connectivity index (χ1v) is 4.54. The molecule has 0 aromatic carbocycles. The first kappa shape index (κ1) is 10.3. The van der Waals surface area contributed by atoms with Crippen molar-refractivity contribution in [3.8, 4) is 0 Å². The number of aromatic nitrogens is 3. The lowest BCUT2D eigenvalue weighted by molar-refractivity contribution is 0.614. The molecule has 5 nitrogen and oxygen atoms in total. The van der Waals surface area contributed by atoms with E-state index in [1.54, 1.807) is 0 Å². The van der Waals surface area contributed by atoms with Crippen molar-refractivity contribution in [2.45, 2.75) is 6.54 Å². The first-order valence-electron chi connectivity index (χ1n) is 4.54. The van der Waals surface area contributed by atoms with Gasteiger partial charge in [-0.15, -0.1) is 0 Å². The van der Waals surface area contributed by atoms with Crippen molar-refractivity contribution in [3.63, 3.8) is 0 Å². The summed E-state index contributed by atoms with van der Waals surface area (Å²) < 4.78 is 14.1. The van der Waals surface area contributed by atoms with Gasteiger partial charge in [-0.05, 0) is 11.6 Å². The lowest BCUT2D eigenvalue weighted by atomic mass is 10.3. The van der Waals surface area contributed by atoms with Gasteiger partial charge in [0.1, 0.15) is 5.82 Å². The molecule has 0 spiro atoms. The summed E-state index contributed by atoms with van der Waals surface area (Å²) in [6, 6.07) is 2.51. The third-order valence-corrected chi connectivity index (χ3v) is 2.01. The Morgan fingerprint density at radius 3 is 2.88 bits per heavy atom. The van der Waals surface area contributed by atoms with Crippen LogP contribution in [0.5, 0.6) is 0 Å². The zero-order valence-electron chi connectivity index (χ0n) is 8.18. The number of H-pyrrole nitrogens is 1. The Hall–Kier alpha value is -2.24. The van der Waals surface area contributed by atoms with Crippen LogP contribution in [0.4, 0.5) is 4.39 Å². The molecule has 0 atom stereocenters. The number of pyridine rings is 1. The fourth-order valence-corrected chi connectivity index (χ4v) is 1.31. The van der Waals surface area contributed by atoms with Crippen LogP contribution in [0.25, 0.3) is 0 Å². The lowest BCUT2D eigenvalue weighted by Gasteiger charge is -2.03. The SMILES string of the molecule is O=c1ccn(Cc2cncc(F)c2)c(=O)[nH]1. The number of hydrogen-bond acceptors (Lipinski definition) is 3. The molecule has 6 heteroatoms. The topological polar surface area (TPSA) is 67.8 Å². The zero-order chi connectivity index (χ0) is 11.5. The van der Waals surface area contributed by atoms with Crippen LogP contribution in [0.1, 0.15) is 5.56 Å². The van der Waals surface area contributed by atoms with E-state index in [9.17, 15) is 14.0 Å². The molecule has 2 aromatic heterocycles. The Balaban J connectivity index is 2.34. The number of halogens is 1. The molecule has 2 aromatic rings. The van der Waals surface area contributed by atoms with Gasteiger partial charge in [0.2, 0.25) is 0 Å². The fourth-order valence-electron chi connectivity index (χ4n) is 1.31. The summed E-state index contributed by atoms with van der Waals surface area (Å²) >= 11 is 0. The molecular formula is C10H8FN3O2. The summed E-state index contributed by atoms with van der Waals surface area (Å²) in [6.07, 6.45) is 3.89. The molecule has 0 amide bonds. The van der Waals surface area contributed by atoms with Crippen molar-refractivity contribution in [1.82, 2.24) is 14.5 Å². The maximum Gasteiger partial charge on any atom is 0.328 e. The number of nitrogens with one attached hydrogen (secondary N) is 1. The molecule has 2 rings (SSSR count). The van der Waals surface area contributed by atoms with Gasteiger partial charge in [-0.3, -0.25) is 19.3 Å². The van der Waals surface area contributed by atoms with E-state index < -0.39 is 17.1 Å².